The minimum absolute atomic E-state index is 0.00758. The number of hydrogen-bond donors (Lipinski definition) is 3. The highest BCUT2D eigenvalue weighted by Gasteiger charge is 2.69. The van der Waals surface area contributed by atoms with Gasteiger partial charge in [0.15, 0.2) is 0 Å². The molecule has 0 bridgehead atoms. The molecule has 3 N–H and O–H groups in total. The minimum atomic E-state index is -0.963. The van der Waals surface area contributed by atoms with E-state index in [1.54, 1.807) is 0 Å². The first-order chi connectivity index (χ1) is 15.3. The Morgan fingerprint density at radius 3 is 2.18 bits per heavy atom. The number of fused-ring (bicyclic) bond motifs is 5. The van der Waals surface area contributed by atoms with E-state index in [1.807, 2.05) is 0 Å². The van der Waals surface area contributed by atoms with E-state index in [-0.39, 0.29) is 34.9 Å². The molecule has 4 rings (SSSR count). The van der Waals surface area contributed by atoms with Crippen LogP contribution in [0.2, 0.25) is 0 Å². The average Bonchev–Trinajstić information content (AvgIpc) is 3.10. The van der Waals surface area contributed by atoms with Crippen LogP contribution in [0.25, 0.3) is 0 Å². The maximum Gasteiger partial charge on any atom is 0.0911 e. The lowest BCUT2D eigenvalue weighted by molar-refractivity contribution is -0.226. The van der Waals surface area contributed by atoms with Gasteiger partial charge in [0.05, 0.1) is 18.3 Å². The zero-order valence-corrected chi connectivity index (χ0v) is 22.6. The first-order valence-corrected chi connectivity index (χ1v) is 13.9. The van der Waals surface area contributed by atoms with Crippen LogP contribution in [0.3, 0.4) is 0 Å². The summed E-state index contributed by atoms with van der Waals surface area (Å²) in [6, 6.07) is 0. The van der Waals surface area contributed by atoms with Crippen LogP contribution in [0.1, 0.15) is 113 Å². The molecule has 4 aliphatic rings. The second-order valence-electron chi connectivity index (χ2n) is 14.3. The van der Waals surface area contributed by atoms with E-state index in [9.17, 15) is 15.3 Å². The van der Waals surface area contributed by atoms with Crippen LogP contribution in [0.15, 0.2) is 11.6 Å². The molecule has 4 aliphatic carbocycles. The molecule has 0 saturated heterocycles. The zero-order chi connectivity index (χ0) is 24.4. The van der Waals surface area contributed by atoms with Gasteiger partial charge in [0.25, 0.3) is 0 Å². The summed E-state index contributed by atoms with van der Waals surface area (Å²) in [6.07, 6.45) is 12.7. The maximum atomic E-state index is 11.7. The molecule has 4 saturated carbocycles. The molecule has 3 nitrogen and oxygen atoms in total. The molecule has 0 unspecified atom stereocenters. The summed E-state index contributed by atoms with van der Waals surface area (Å²) in [5, 5.41) is 32.9. The topological polar surface area (TPSA) is 60.7 Å². The summed E-state index contributed by atoms with van der Waals surface area (Å²) in [5.41, 5.74) is 1.09. The minimum Gasteiger partial charge on any atom is -0.393 e. The molecule has 4 fully saturated rings. The van der Waals surface area contributed by atoms with Gasteiger partial charge in [0.2, 0.25) is 0 Å². The Balaban J connectivity index is 1.63. The van der Waals surface area contributed by atoms with Crippen LogP contribution in [-0.4, -0.2) is 33.6 Å². The van der Waals surface area contributed by atoms with E-state index >= 15 is 0 Å². The molecule has 0 spiro atoms. The standard InChI is InChI=1S/C30H52O3/c1-20(2)9-8-15-30(33,19-31)22-12-17-28(6)21(22)10-11-24-27(5)16-14-25(32)26(3,4)23(27)13-18-29(24,28)7/h9,21-25,31-33H,8,10-19H2,1-7H3/t21-,22+,23+,24-,25+,27-,28-,29-,30-/m1/s1. The van der Waals surface area contributed by atoms with Crippen molar-refractivity contribution in [3.63, 3.8) is 0 Å². The smallest absolute Gasteiger partial charge is 0.0911 e. The Morgan fingerprint density at radius 2 is 1.55 bits per heavy atom. The van der Waals surface area contributed by atoms with E-state index in [0.29, 0.717) is 29.6 Å². The third-order valence-electron chi connectivity index (χ3n) is 12.5. The van der Waals surface area contributed by atoms with Gasteiger partial charge in [-0.2, -0.15) is 0 Å². The number of hydrogen-bond acceptors (Lipinski definition) is 3. The van der Waals surface area contributed by atoms with Crippen LogP contribution in [0.5, 0.6) is 0 Å². The molecule has 33 heavy (non-hydrogen) atoms. The van der Waals surface area contributed by atoms with E-state index < -0.39 is 5.60 Å². The Hall–Kier alpha value is -0.380. The fourth-order valence-electron chi connectivity index (χ4n) is 10.4. The van der Waals surface area contributed by atoms with Gasteiger partial charge in [-0.3, -0.25) is 0 Å². The Labute approximate surface area is 203 Å². The fraction of sp³-hybridized carbons (Fsp3) is 0.933. The molecule has 0 aromatic carbocycles. The lowest BCUT2D eigenvalue weighted by Gasteiger charge is -2.70. The van der Waals surface area contributed by atoms with Crippen molar-refractivity contribution in [2.75, 3.05) is 6.61 Å². The van der Waals surface area contributed by atoms with Gasteiger partial charge < -0.3 is 15.3 Å². The predicted molar refractivity (Wildman–Crippen MR) is 136 cm³/mol. The lowest BCUT2D eigenvalue weighted by atomic mass is 9.35. The largest absolute Gasteiger partial charge is 0.393 e. The van der Waals surface area contributed by atoms with E-state index in [0.717, 1.165) is 25.7 Å². The molecule has 0 aliphatic heterocycles. The molecule has 0 aromatic rings. The van der Waals surface area contributed by atoms with Crippen LogP contribution in [0.4, 0.5) is 0 Å². The van der Waals surface area contributed by atoms with Crippen LogP contribution in [-0.2, 0) is 0 Å². The van der Waals surface area contributed by atoms with Crippen LogP contribution < -0.4 is 0 Å². The van der Waals surface area contributed by atoms with Crippen molar-refractivity contribution in [1.29, 1.82) is 0 Å². The molecule has 0 heterocycles. The molecule has 9 atom stereocenters. The average molecular weight is 461 g/mol. The summed E-state index contributed by atoms with van der Waals surface area (Å²) in [7, 11) is 0. The van der Waals surface area contributed by atoms with Gasteiger partial charge in [0, 0.05) is 0 Å². The lowest BCUT2D eigenvalue weighted by Crippen LogP contribution is -2.64. The van der Waals surface area contributed by atoms with E-state index in [2.05, 4.69) is 54.5 Å². The van der Waals surface area contributed by atoms with Crippen molar-refractivity contribution in [3.8, 4) is 0 Å². The van der Waals surface area contributed by atoms with E-state index in [4.69, 9.17) is 0 Å². The highest BCUT2D eigenvalue weighted by Crippen LogP contribution is 2.75. The molecule has 0 radical (unpaired) electrons. The first kappa shape index (κ1) is 25.7. The Bertz CT molecular complexity index is 769. The third kappa shape index (κ3) is 3.61. The summed E-state index contributed by atoms with van der Waals surface area (Å²) in [4.78, 5) is 0. The normalized spacial score (nSPS) is 48.2. The Kier molecular flexibility index (Phi) is 6.50. The molecule has 3 heteroatoms. The highest BCUT2D eigenvalue weighted by molar-refractivity contribution is 5.18. The Morgan fingerprint density at radius 1 is 0.879 bits per heavy atom. The molecular weight excluding hydrogens is 408 g/mol. The van der Waals surface area contributed by atoms with Gasteiger partial charge >= 0.3 is 0 Å². The van der Waals surface area contributed by atoms with Crippen molar-refractivity contribution < 1.29 is 15.3 Å². The molecule has 190 valence electrons. The molecule has 0 aromatic heterocycles. The van der Waals surface area contributed by atoms with E-state index in [1.165, 1.54) is 37.7 Å². The zero-order valence-electron chi connectivity index (χ0n) is 22.6. The number of rotatable bonds is 5. The van der Waals surface area contributed by atoms with Gasteiger partial charge in [-0.25, -0.2) is 0 Å². The molecule has 0 amide bonds. The van der Waals surface area contributed by atoms with Crippen molar-refractivity contribution >= 4 is 0 Å². The monoisotopic (exact) mass is 460 g/mol. The summed E-state index contributed by atoms with van der Waals surface area (Å²) >= 11 is 0. The summed E-state index contributed by atoms with van der Waals surface area (Å²) < 4.78 is 0. The number of aliphatic hydroxyl groups excluding tert-OH is 2. The third-order valence-corrected chi connectivity index (χ3v) is 12.5. The fourth-order valence-corrected chi connectivity index (χ4v) is 10.4. The SMILES string of the molecule is CC(C)=CCC[C@@](O)(CO)[C@H]1CC[C@]2(C)[C@@H]1CC[C@@H]1[C@]3(C)CC[C@H](O)C(C)(C)[C@@H]3CC[C@]12C. The second-order valence-corrected chi connectivity index (χ2v) is 14.3. The van der Waals surface area contributed by atoms with Crippen LogP contribution in [0, 0.1) is 45.3 Å². The van der Waals surface area contributed by atoms with Crippen molar-refractivity contribution in [2.45, 2.75) is 124 Å². The highest BCUT2D eigenvalue weighted by atomic mass is 16.3. The van der Waals surface area contributed by atoms with Gasteiger partial charge in [-0.15, -0.1) is 0 Å². The number of aliphatic hydroxyl groups is 3. The number of allylic oxidation sites excluding steroid dienone is 2. The predicted octanol–water partition coefficient (Wildman–Crippen LogP) is 6.50. The molecular formula is C30H52O3. The van der Waals surface area contributed by atoms with Crippen LogP contribution >= 0.6 is 0 Å². The van der Waals surface area contributed by atoms with Gasteiger partial charge in [-0.05, 0) is 123 Å². The van der Waals surface area contributed by atoms with Gasteiger partial charge in [0.1, 0.15) is 0 Å². The maximum absolute atomic E-state index is 11.7. The van der Waals surface area contributed by atoms with Crippen molar-refractivity contribution in [3.05, 3.63) is 11.6 Å². The second kappa shape index (κ2) is 8.34. The first-order valence-electron chi connectivity index (χ1n) is 13.9. The quantitative estimate of drug-likeness (QED) is 0.410. The summed E-state index contributed by atoms with van der Waals surface area (Å²) in [5.74, 6) is 1.96. The summed E-state index contributed by atoms with van der Waals surface area (Å²) in [6.45, 7) is 16.4. The van der Waals surface area contributed by atoms with Crippen molar-refractivity contribution in [1.82, 2.24) is 0 Å². The van der Waals surface area contributed by atoms with Gasteiger partial charge in [-0.1, -0.05) is 46.3 Å². The van der Waals surface area contributed by atoms with Crippen molar-refractivity contribution in [2.24, 2.45) is 45.3 Å².